The van der Waals surface area contributed by atoms with Gasteiger partial charge in [0.15, 0.2) is 6.61 Å². The molecule has 1 aromatic carbocycles. The van der Waals surface area contributed by atoms with Crippen LogP contribution >= 0.6 is 15.9 Å². The van der Waals surface area contributed by atoms with Crippen LogP contribution in [0.5, 0.6) is 5.75 Å². The minimum Gasteiger partial charge on any atom is -0.484 e. The molecule has 0 spiro atoms. The van der Waals surface area contributed by atoms with Crippen molar-refractivity contribution in [2.45, 2.75) is 19.4 Å². The second-order valence-electron chi connectivity index (χ2n) is 3.86. The highest BCUT2D eigenvalue weighted by atomic mass is 79.9. The van der Waals surface area contributed by atoms with Gasteiger partial charge in [0.05, 0.1) is 0 Å². The lowest BCUT2D eigenvalue weighted by atomic mass is 10.2. The number of hydrogen-bond acceptors (Lipinski definition) is 3. The van der Waals surface area contributed by atoms with Gasteiger partial charge in [0.1, 0.15) is 5.75 Å². The Hall–Kier alpha value is -1.07. The van der Waals surface area contributed by atoms with Crippen LogP contribution in [0, 0.1) is 0 Å². The molecule has 0 aliphatic heterocycles. The maximum absolute atomic E-state index is 11.4. The number of ether oxygens (including phenoxy) is 1. The molecule has 94 valence electrons. The van der Waals surface area contributed by atoms with Crippen molar-refractivity contribution in [2.75, 3.05) is 13.2 Å². The second-order valence-corrected chi connectivity index (χ2v) is 4.78. The number of nitrogens with two attached hydrogens (primary N) is 1. The standard InChI is InChI=1S/C12H17BrN2O2/c1-9(14)5-6-15-12(16)8-17-11-4-2-3-10(13)7-11/h2-4,7,9H,5-6,8,14H2,1H3,(H,15,16). The third-order valence-electron chi connectivity index (χ3n) is 2.09. The van der Waals surface area contributed by atoms with Gasteiger partial charge < -0.3 is 15.8 Å². The normalized spacial score (nSPS) is 11.9. The highest BCUT2D eigenvalue weighted by molar-refractivity contribution is 9.10. The first-order valence-corrected chi connectivity index (χ1v) is 6.28. The fourth-order valence-electron chi connectivity index (χ4n) is 1.20. The lowest BCUT2D eigenvalue weighted by Gasteiger charge is -2.08. The Bertz CT molecular complexity index is 369. The van der Waals surface area contributed by atoms with Gasteiger partial charge in [-0.3, -0.25) is 4.79 Å². The molecule has 0 aromatic heterocycles. The van der Waals surface area contributed by atoms with E-state index in [9.17, 15) is 4.79 Å². The van der Waals surface area contributed by atoms with Crippen molar-refractivity contribution in [3.63, 3.8) is 0 Å². The number of carbonyl (C=O) groups is 1. The van der Waals surface area contributed by atoms with Crippen molar-refractivity contribution in [1.82, 2.24) is 5.32 Å². The lowest BCUT2D eigenvalue weighted by molar-refractivity contribution is -0.123. The van der Waals surface area contributed by atoms with Crippen LogP contribution in [-0.4, -0.2) is 25.1 Å². The Kier molecular flexibility index (Phi) is 6.00. The summed E-state index contributed by atoms with van der Waals surface area (Å²) in [6.45, 7) is 2.51. The van der Waals surface area contributed by atoms with Crippen molar-refractivity contribution in [2.24, 2.45) is 5.73 Å². The summed E-state index contributed by atoms with van der Waals surface area (Å²) in [5.41, 5.74) is 5.57. The van der Waals surface area contributed by atoms with Crippen LogP contribution in [0.15, 0.2) is 28.7 Å². The van der Waals surface area contributed by atoms with E-state index in [0.29, 0.717) is 12.3 Å². The Morgan fingerprint density at radius 2 is 2.35 bits per heavy atom. The van der Waals surface area contributed by atoms with Gasteiger partial charge in [-0.1, -0.05) is 22.0 Å². The van der Waals surface area contributed by atoms with E-state index < -0.39 is 0 Å². The average molecular weight is 301 g/mol. The number of benzene rings is 1. The van der Waals surface area contributed by atoms with E-state index in [2.05, 4.69) is 21.2 Å². The summed E-state index contributed by atoms with van der Waals surface area (Å²) in [6.07, 6.45) is 0.766. The molecule has 1 rings (SSSR count). The number of nitrogens with one attached hydrogen (secondary N) is 1. The number of halogens is 1. The van der Waals surface area contributed by atoms with E-state index >= 15 is 0 Å². The molecule has 5 heteroatoms. The Labute approximate surface area is 110 Å². The summed E-state index contributed by atoms with van der Waals surface area (Å²) in [5.74, 6) is 0.535. The molecule has 1 atom stereocenters. The molecule has 1 unspecified atom stereocenters. The molecular weight excluding hydrogens is 284 g/mol. The highest BCUT2D eigenvalue weighted by Crippen LogP contribution is 2.17. The van der Waals surface area contributed by atoms with E-state index in [1.165, 1.54) is 0 Å². The first-order valence-electron chi connectivity index (χ1n) is 5.48. The number of hydrogen-bond donors (Lipinski definition) is 2. The molecule has 0 aliphatic carbocycles. The molecular formula is C12H17BrN2O2. The lowest BCUT2D eigenvalue weighted by Crippen LogP contribution is -2.32. The monoisotopic (exact) mass is 300 g/mol. The van der Waals surface area contributed by atoms with Gasteiger partial charge in [-0.25, -0.2) is 0 Å². The highest BCUT2D eigenvalue weighted by Gasteiger charge is 2.03. The quantitative estimate of drug-likeness (QED) is 0.840. The molecule has 1 amide bonds. The fraction of sp³-hybridized carbons (Fsp3) is 0.417. The molecule has 0 heterocycles. The van der Waals surface area contributed by atoms with Crippen LogP contribution < -0.4 is 15.8 Å². The van der Waals surface area contributed by atoms with Crippen molar-refractivity contribution in [3.8, 4) is 5.75 Å². The van der Waals surface area contributed by atoms with Crippen LogP contribution in [-0.2, 0) is 4.79 Å². The molecule has 4 nitrogen and oxygen atoms in total. The summed E-state index contributed by atoms with van der Waals surface area (Å²) >= 11 is 3.33. The molecule has 0 bridgehead atoms. The Balaban J connectivity index is 2.24. The molecule has 0 fully saturated rings. The molecule has 17 heavy (non-hydrogen) atoms. The van der Waals surface area contributed by atoms with Gasteiger partial charge in [-0.2, -0.15) is 0 Å². The zero-order chi connectivity index (χ0) is 12.7. The molecule has 1 aromatic rings. The van der Waals surface area contributed by atoms with Gasteiger partial charge >= 0.3 is 0 Å². The van der Waals surface area contributed by atoms with E-state index in [-0.39, 0.29) is 18.6 Å². The van der Waals surface area contributed by atoms with E-state index in [1.54, 1.807) is 6.07 Å². The van der Waals surface area contributed by atoms with Crippen molar-refractivity contribution < 1.29 is 9.53 Å². The second kappa shape index (κ2) is 7.29. The molecule has 0 saturated heterocycles. The predicted octanol–water partition coefficient (Wildman–Crippen LogP) is 1.68. The Morgan fingerprint density at radius 1 is 1.59 bits per heavy atom. The largest absolute Gasteiger partial charge is 0.484 e. The maximum atomic E-state index is 11.4. The number of amides is 1. The first kappa shape index (κ1) is 14.0. The third-order valence-corrected chi connectivity index (χ3v) is 2.58. The zero-order valence-corrected chi connectivity index (χ0v) is 11.4. The third kappa shape index (κ3) is 6.28. The van der Waals surface area contributed by atoms with Gasteiger partial charge in [-0.05, 0) is 31.5 Å². The van der Waals surface area contributed by atoms with Crippen LogP contribution in [0.4, 0.5) is 0 Å². The van der Waals surface area contributed by atoms with Crippen molar-refractivity contribution in [3.05, 3.63) is 28.7 Å². The van der Waals surface area contributed by atoms with Crippen LogP contribution in [0.2, 0.25) is 0 Å². The van der Waals surface area contributed by atoms with Gasteiger partial charge in [-0.15, -0.1) is 0 Å². The van der Waals surface area contributed by atoms with Gasteiger partial charge in [0.25, 0.3) is 5.91 Å². The van der Waals surface area contributed by atoms with E-state index in [1.807, 2.05) is 25.1 Å². The summed E-state index contributed by atoms with van der Waals surface area (Å²) < 4.78 is 6.26. The minimum atomic E-state index is -0.134. The topological polar surface area (TPSA) is 64.3 Å². The summed E-state index contributed by atoms with van der Waals surface area (Å²) in [5, 5.41) is 2.74. The van der Waals surface area contributed by atoms with Crippen LogP contribution in [0.3, 0.4) is 0 Å². The van der Waals surface area contributed by atoms with E-state index in [0.717, 1.165) is 10.9 Å². The summed E-state index contributed by atoms with van der Waals surface area (Å²) in [4.78, 5) is 11.4. The fourth-order valence-corrected chi connectivity index (χ4v) is 1.57. The maximum Gasteiger partial charge on any atom is 0.257 e. The average Bonchev–Trinajstić information content (AvgIpc) is 2.26. The van der Waals surface area contributed by atoms with Crippen molar-refractivity contribution >= 4 is 21.8 Å². The van der Waals surface area contributed by atoms with Gasteiger partial charge in [0.2, 0.25) is 0 Å². The van der Waals surface area contributed by atoms with Crippen molar-refractivity contribution in [1.29, 1.82) is 0 Å². The SMILES string of the molecule is CC(N)CCNC(=O)COc1cccc(Br)c1. The number of carbonyl (C=O) groups excluding carboxylic acids is 1. The van der Waals surface area contributed by atoms with Crippen LogP contribution in [0.25, 0.3) is 0 Å². The number of rotatable bonds is 6. The Morgan fingerprint density at radius 3 is 3.00 bits per heavy atom. The molecule has 3 N–H and O–H groups in total. The van der Waals surface area contributed by atoms with Gasteiger partial charge in [0, 0.05) is 17.1 Å². The molecule has 0 aliphatic rings. The summed E-state index contributed by atoms with van der Waals surface area (Å²) in [6, 6.07) is 7.47. The minimum absolute atomic E-state index is 0.0232. The first-order chi connectivity index (χ1) is 8.08. The predicted molar refractivity (Wildman–Crippen MR) is 70.9 cm³/mol. The molecule has 0 saturated carbocycles. The molecule has 0 radical (unpaired) electrons. The van der Waals surface area contributed by atoms with Crippen LogP contribution in [0.1, 0.15) is 13.3 Å². The summed E-state index contributed by atoms with van der Waals surface area (Å²) in [7, 11) is 0. The smallest absolute Gasteiger partial charge is 0.257 e. The van der Waals surface area contributed by atoms with E-state index in [4.69, 9.17) is 10.5 Å². The zero-order valence-electron chi connectivity index (χ0n) is 9.78.